The second kappa shape index (κ2) is 5.02. The first-order chi connectivity index (χ1) is 8.50. The Bertz CT molecular complexity index is 610. The van der Waals surface area contributed by atoms with Crippen molar-refractivity contribution in [2.45, 2.75) is 27.2 Å². The van der Waals surface area contributed by atoms with Crippen molar-refractivity contribution in [2.75, 3.05) is 0 Å². The summed E-state index contributed by atoms with van der Waals surface area (Å²) in [4.78, 5) is 12.4. The van der Waals surface area contributed by atoms with Gasteiger partial charge in [0.2, 0.25) is 0 Å². The quantitative estimate of drug-likeness (QED) is 0.907. The van der Waals surface area contributed by atoms with Gasteiger partial charge in [0.25, 0.3) is 5.56 Å². The van der Waals surface area contributed by atoms with Gasteiger partial charge in [0.1, 0.15) is 0 Å². The highest BCUT2D eigenvalue weighted by Crippen LogP contribution is 2.18. The van der Waals surface area contributed by atoms with E-state index in [-0.39, 0.29) is 5.56 Å². The van der Waals surface area contributed by atoms with Crippen LogP contribution in [0.2, 0.25) is 5.02 Å². The van der Waals surface area contributed by atoms with Crippen LogP contribution in [0, 0.1) is 12.8 Å². The van der Waals surface area contributed by atoms with Crippen LogP contribution in [0.4, 0.5) is 0 Å². The molecule has 0 aliphatic rings. The normalized spacial score (nSPS) is 11.2. The Balaban J connectivity index is 2.55. The van der Waals surface area contributed by atoms with Crippen molar-refractivity contribution in [3.63, 3.8) is 0 Å². The minimum Gasteiger partial charge on any atom is -0.295 e. The summed E-state index contributed by atoms with van der Waals surface area (Å²) < 4.78 is 1.52. The predicted molar refractivity (Wildman–Crippen MR) is 74.7 cm³/mol. The molecule has 96 valence electrons. The fourth-order valence-corrected chi connectivity index (χ4v) is 2.25. The molecule has 0 fully saturated rings. The standard InChI is InChI=1S/C14H17ClN2O/c1-9(2)8-11-10(3)16-17(14(11)18)13-7-5-4-6-12(13)15/h4-7,9,16H,8H2,1-3H3. The van der Waals surface area contributed by atoms with Crippen molar-refractivity contribution in [1.82, 2.24) is 9.78 Å². The van der Waals surface area contributed by atoms with Gasteiger partial charge in [-0.1, -0.05) is 37.6 Å². The zero-order valence-corrected chi connectivity index (χ0v) is 11.6. The fraction of sp³-hybridized carbons (Fsp3) is 0.357. The van der Waals surface area contributed by atoms with Crippen molar-refractivity contribution in [3.05, 3.63) is 50.9 Å². The predicted octanol–water partition coefficient (Wildman–Crippen LogP) is 3.33. The van der Waals surface area contributed by atoms with Gasteiger partial charge in [-0.05, 0) is 31.4 Å². The molecular weight excluding hydrogens is 248 g/mol. The molecule has 0 aliphatic heterocycles. The number of nitrogens with one attached hydrogen (secondary N) is 1. The molecule has 0 aliphatic carbocycles. The molecule has 0 unspecified atom stereocenters. The van der Waals surface area contributed by atoms with Crippen LogP contribution in [0.15, 0.2) is 29.1 Å². The molecule has 3 nitrogen and oxygen atoms in total. The summed E-state index contributed by atoms with van der Waals surface area (Å²) >= 11 is 6.12. The van der Waals surface area contributed by atoms with Gasteiger partial charge in [-0.3, -0.25) is 9.89 Å². The number of aromatic amines is 1. The highest BCUT2D eigenvalue weighted by molar-refractivity contribution is 6.32. The van der Waals surface area contributed by atoms with Crippen LogP contribution in [0.1, 0.15) is 25.1 Å². The van der Waals surface area contributed by atoms with Crippen molar-refractivity contribution in [1.29, 1.82) is 0 Å². The molecule has 1 aromatic carbocycles. The molecule has 0 amide bonds. The summed E-state index contributed by atoms with van der Waals surface area (Å²) in [6.45, 7) is 6.13. The average molecular weight is 265 g/mol. The lowest BCUT2D eigenvalue weighted by Crippen LogP contribution is -2.18. The number of benzene rings is 1. The van der Waals surface area contributed by atoms with Crippen LogP contribution < -0.4 is 5.56 Å². The fourth-order valence-electron chi connectivity index (χ4n) is 2.03. The third kappa shape index (κ3) is 2.36. The number of rotatable bonds is 3. The monoisotopic (exact) mass is 264 g/mol. The third-order valence-corrected chi connectivity index (χ3v) is 3.22. The maximum absolute atomic E-state index is 12.4. The lowest BCUT2D eigenvalue weighted by atomic mass is 10.0. The van der Waals surface area contributed by atoms with Gasteiger partial charge in [0.05, 0.1) is 10.7 Å². The number of H-pyrrole nitrogens is 1. The zero-order chi connectivity index (χ0) is 13.3. The van der Waals surface area contributed by atoms with Gasteiger partial charge in [-0.2, -0.15) is 0 Å². The third-order valence-electron chi connectivity index (χ3n) is 2.90. The van der Waals surface area contributed by atoms with Crippen molar-refractivity contribution < 1.29 is 0 Å². The molecule has 0 bridgehead atoms. The summed E-state index contributed by atoms with van der Waals surface area (Å²) in [7, 11) is 0. The number of para-hydroxylation sites is 1. The summed E-state index contributed by atoms with van der Waals surface area (Å²) in [6.07, 6.45) is 0.776. The summed E-state index contributed by atoms with van der Waals surface area (Å²) in [5, 5.41) is 3.66. The topological polar surface area (TPSA) is 37.8 Å². The summed E-state index contributed by atoms with van der Waals surface area (Å²) in [5.74, 6) is 0.451. The molecule has 2 rings (SSSR count). The minimum absolute atomic E-state index is 0.00528. The van der Waals surface area contributed by atoms with Gasteiger partial charge in [0.15, 0.2) is 0 Å². The molecule has 0 saturated carbocycles. The van der Waals surface area contributed by atoms with E-state index in [9.17, 15) is 4.79 Å². The lowest BCUT2D eigenvalue weighted by Gasteiger charge is -2.03. The maximum atomic E-state index is 12.4. The number of aromatic nitrogens is 2. The molecule has 2 aromatic rings. The highest BCUT2D eigenvalue weighted by atomic mass is 35.5. The van der Waals surface area contributed by atoms with Crippen molar-refractivity contribution >= 4 is 11.6 Å². The van der Waals surface area contributed by atoms with Crippen LogP contribution in [-0.2, 0) is 6.42 Å². The Morgan fingerprint density at radius 1 is 1.33 bits per heavy atom. The smallest absolute Gasteiger partial charge is 0.274 e. The zero-order valence-electron chi connectivity index (χ0n) is 10.8. The molecule has 0 spiro atoms. The van der Waals surface area contributed by atoms with Crippen LogP contribution in [0.25, 0.3) is 5.69 Å². The molecule has 4 heteroatoms. The molecule has 18 heavy (non-hydrogen) atoms. The first-order valence-corrected chi connectivity index (χ1v) is 6.44. The Kier molecular flexibility index (Phi) is 3.62. The average Bonchev–Trinajstić information content (AvgIpc) is 2.57. The highest BCUT2D eigenvalue weighted by Gasteiger charge is 2.14. The SMILES string of the molecule is Cc1[nH]n(-c2ccccc2Cl)c(=O)c1CC(C)C. The molecule has 0 radical (unpaired) electrons. The van der Waals surface area contributed by atoms with E-state index in [0.717, 1.165) is 17.7 Å². The summed E-state index contributed by atoms with van der Waals surface area (Å²) in [6, 6.07) is 7.33. The van der Waals surface area contributed by atoms with E-state index < -0.39 is 0 Å². The van der Waals surface area contributed by atoms with E-state index in [0.29, 0.717) is 16.6 Å². The largest absolute Gasteiger partial charge is 0.295 e. The molecular formula is C14H17ClN2O. The van der Waals surface area contributed by atoms with E-state index >= 15 is 0 Å². The van der Waals surface area contributed by atoms with Gasteiger partial charge >= 0.3 is 0 Å². The lowest BCUT2D eigenvalue weighted by molar-refractivity contribution is 0.642. The van der Waals surface area contributed by atoms with E-state index in [2.05, 4.69) is 18.9 Å². The van der Waals surface area contributed by atoms with Crippen LogP contribution in [0.5, 0.6) is 0 Å². The second-order valence-electron chi connectivity index (χ2n) is 4.91. The van der Waals surface area contributed by atoms with E-state index in [1.54, 1.807) is 6.07 Å². The number of halogens is 1. The van der Waals surface area contributed by atoms with Gasteiger partial charge in [-0.15, -0.1) is 0 Å². The van der Waals surface area contributed by atoms with Gasteiger partial charge < -0.3 is 0 Å². The number of aryl methyl sites for hydroxylation is 1. The Labute approximate surface area is 111 Å². The summed E-state index contributed by atoms with van der Waals surface area (Å²) in [5.41, 5.74) is 2.44. The van der Waals surface area contributed by atoms with Crippen molar-refractivity contribution in [2.24, 2.45) is 5.92 Å². The van der Waals surface area contributed by atoms with Crippen molar-refractivity contribution in [3.8, 4) is 5.69 Å². The van der Waals surface area contributed by atoms with Crippen LogP contribution in [0.3, 0.4) is 0 Å². The molecule has 1 N–H and O–H groups in total. The minimum atomic E-state index is -0.00528. The number of hydrogen-bond donors (Lipinski definition) is 1. The van der Waals surface area contributed by atoms with E-state index in [1.807, 2.05) is 25.1 Å². The van der Waals surface area contributed by atoms with E-state index in [1.165, 1.54) is 4.68 Å². The first-order valence-electron chi connectivity index (χ1n) is 6.06. The molecule has 0 atom stereocenters. The van der Waals surface area contributed by atoms with Gasteiger partial charge in [-0.25, -0.2) is 4.68 Å². The molecule has 1 aromatic heterocycles. The Morgan fingerprint density at radius 3 is 2.61 bits per heavy atom. The first kappa shape index (κ1) is 13.0. The maximum Gasteiger partial charge on any atom is 0.274 e. The Morgan fingerprint density at radius 2 is 2.00 bits per heavy atom. The Hall–Kier alpha value is -1.48. The van der Waals surface area contributed by atoms with Gasteiger partial charge in [0, 0.05) is 11.3 Å². The second-order valence-corrected chi connectivity index (χ2v) is 5.31. The number of nitrogens with zero attached hydrogens (tertiary/aromatic N) is 1. The van der Waals surface area contributed by atoms with Crippen LogP contribution in [-0.4, -0.2) is 9.78 Å². The number of hydrogen-bond acceptors (Lipinski definition) is 1. The molecule has 1 heterocycles. The van der Waals surface area contributed by atoms with E-state index in [4.69, 9.17) is 11.6 Å². The molecule has 0 saturated heterocycles. The van der Waals surface area contributed by atoms with Crippen LogP contribution >= 0.6 is 11.6 Å².